The quantitative estimate of drug-likeness (QED) is 0.269. The van der Waals surface area contributed by atoms with Gasteiger partial charge in [0.2, 0.25) is 11.8 Å². The van der Waals surface area contributed by atoms with Gasteiger partial charge >= 0.3 is 0 Å². The molecule has 1 unspecified atom stereocenters. The number of hydrogen-bond donors (Lipinski definition) is 2. The lowest BCUT2D eigenvalue weighted by molar-refractivity contribution is -0.111. The predicted octanol–water partition coefficient (Wildman–Crippen LogP) is 5.95. The van der Waals surface area contributed by atoms with E-state index in [1.165, 1.54) is 6.08 Å². The Hall–Kier alpha value is -3.11. The van der Waals surface area contributed by atoms with E-state index in [1.807, 2.05) is 17.3 Å². The van der Waals surface area contributed by atoms with Crippen LogP contribution in [0.25, 0.3) is 0 Å². The summed E-state index contributed by atoms with van der Waals surface area (Å²) in [6.45, 7) is 12.5. The Kier molecular flexibility index (Phi) is 8.39. The first-order valence-corrected chi connectivity index (χ1v) is 14.1. The number of likely N-dealkylation sites (tertiary alicyclic amines) is 1. The Balaban J connectivity index is 1.33. The summed E-state index contributed by atoms with van der Waals surface area (Å²) in [5.74, 6) is 1.94. The summed E-state index contributed by atoms with van der Waals surface area (Å²) < 4.78 is 6.97. The van der Waals surface area contributed by atoms with Crippen LogP contribution >= 0.6 is 23.1 Å². The van der Waals surface area contributed by atoms with Gasteiger partial charge in [0, 0.05) is 35.3 Å². The highest BCUT2D eigenvalue weighted by Gasteiger charge is 2.32. The number of benzene rings is 1. The van der Waals surface area contributed by atoms with Crippen LogP contribution in [0.15, 0.2) is 57.9 Å². The summed E-state index contributed by atoms with van der Waals surface area (Å²) in [4.78, 5) is 35.6. The van der Waals surface area contributed by atoms with E-state index in [2.05, 4.69) is 54.9 Å². The molecule has 2 N–H and O–H groups in total. The zero-order valence-corrected chi connectivity index (χ0v) is 23.2. The van der Waals surface area contributed by atoms with Crippen LogP contribution in [-0.4, -0.2) is 45.3 Å². The van der Waals surface area contributed by atoms with Crippen molar-refractivity contribution in [1.29, 1.82) is 0 Å². The second-order valence-electron chi connectivity index (χ2n) is 10.0. The zero-order valence-electron chi connectivity index (χ0n) is 21.6. The van der Waals surface area contributed by atoms with E-state index < -0.39 is 0 Å². The average Bonchev–Trinajstić information content (AvgIpc) is 3.54. The van der Waals surface area contributed by atoms with Gasteiger partial charge in [0.05, 0.1) is 22.4 Å². The van der Waals surface area contributed by atoms with Crippen molar-refractivity contribution in [3.05, 3.63) is 66.5 Å². The molecule has 2 aromatic heterocycles. The molecule has 2 amide bonds. The lowest BCUT2D eigenvalue weighted by Gasteiger charge is -2.39. The number of carbonyl (C=O) groups excluding carboxylic acids is 2. The maximum Gasteiger partial charge on any atom is 0.254 e. The van der Waals surface area contributed by atoms with Crippen molar-refractivity contribution < 1.29 is 14.0 Å². The van der Waals surface area contributed by atoms with Gasteiger partial charge in [0.15, 0.2) is 5.13 Å². The highest BCUT2D eigenvalue weighted by molar-refractivity contribution is 8.00. The molecular formula is C27H33N5O3S2. The fraction of sp³-hybridized carbons (Fsp3) is 0.407. The Morgan fingerprint density at radius 3 is 2.68 bits per heavy atom. The lowest BCUT2D eigenvalue weighted by atomic mass is 9.94. The number of hydrogen-bond acceptors (Lipinski definition) is 8. The van der Waals surface area contributed by atoms with Gasteiger partial charge in [0.25, 0.3) is 5.91 Å². The average molecular weight is 540 g/mol. The number of nitrogens with one attached hydrogen (secondary N) is 2. The van der Waals surface area contributed by atoms with E-state index in [4.69, 9.17) is 4.42 Å². The van der Waals surface area contributed by atoms with Gasteiger partial charge < -0.3 is 20.0 Å². The maximum absolute atomic E-state index is 13.2. The highest BCUT2D eigenvalue weighted by atomic mass is 32.2. The predicted molar refractivity (Wildman–Crippen MR) is 149 cm³/mol. The molecule has 4 rings (SSSR count). The number of oxazole rings is 1. The first kappa shape index (κ1) is 26.9. The summed E-state index contributed by atoms with van der Waals surface area (Å²) in [5.41, 5.74) is 1.16. The molecule has 0 bridgehead atoms. The monoisotopic (exact) mass is 539 g/mol. The molecule has 1 saturated heterocycles. The van der Waals surface area contributed by atoms with Crippen LogP contribution in [-0.2, 0) is 16.0 Å². The number of amides is 2. The molecule has 196 valence electrons. The molecule has 8 nitrogen and oxygen atoms in total. The number of nitrogens with zero attached hydrogens (tertiary/aromatic N) is 3. The molecule has 1 aromatic carbocycles. The van der Waals surface area contributed by atoms with Crippen molar-refractivity contribution >= 4 is 45.7 Å². The van der Waals surface area contributed by atoms with Crippen LogP contribution in [0.5, 0.6) is 0 Å². The van der Waals surface area contributed by atoms with Gasteiger partial charge in [-0.1, -0.05) is 38.7 Å². The van der Waals surface area contributed by atoms with Crippen LogP contribution < -0.4 is 10.6 Å². The molecule has 1 aliphatic rings. The third kappa shape index (κ3) is 6.81. The van der Waals surface area contributed by atoms with Crippen molar-refractivity contribution in [1.82, 2.24) is 14.9 Å². The molecule has 10 heteroatoms. The van der Waals surface area contributed by atoms with Gasteiger partial charge in [-0.05, 0) is 50.1 Å². The molecule has 1 fully saturated rings. The normalized spacial score (nSPS) is 17.9. The number of rotatable bonds is 8. The molecule has 37 heavy (non-hydrogen) atoms. The van der Waals surface area contributed by atoms with Crippen molar-refractivity contribution in [2.45, 2.75) is 68.0 Å². The van der Waals surface area contributed by atoms with Crippen LogP contribution in [0.2, 0.25) is 0 Å². The van der Waals surface area contributed by atoms with Crippen molar-refractivity contribution in [2.24, 2.45) is 0 Å². The fourth-order valence-electron chi connectivity index (χ4n) is 4.09. The van der Waals surface area contributed by atoms with Gasteiger partial charge in [-0.2, -0.15) is 0 Å². The topological polar surface area (TPSA) is 100 Å². The number of anilines is 2. The van der Waals surface area contributed by atoms with E-state index in [0.29, 0.717) is 29.4 Å². The summed E-state index contributed by atoms with van der Waals surface area (Å²) in [7, 11) is 0. The summed E-state index contributed by atoms with van der Waals surface area (Å²) >= 11 is 3.25. The highest BCUT2D eigenvalue weighted by Crippen LogP contribution is 2.33. The SMILES string of the molecule is C=CC(=O)Nc1ccc(C(=O)N2CCCC(Nc3ncc(SCc4ncc(C(C)(C)C)o4)s3)[C@H]2C)cc1. The number of thioether (sulfide) groups is 1. The first-order chi connectivity index (χ1) is 17.6. The van der Waals surface area contributed by atoms with Crippen LogP contribution in [0.3, 0.4) is 0 Å². The summed E-state index contributed by atoms with van der Waals surface area (Å²) in [6.07, 6.45) is 6.76. The van der Waals surface area contributed by atoms with Crippen LogP contribution in [0, 0.1) is 0 Å². The Morgan fingerprint density at radius 1 is 1.24 bits per heavy atom. The standard InChI is InChI=1S/C27H33N5O3S2/c1-6-22(33)30-19-11-9-18(10-12-19)25(34)32-13-7-8-20(17(32)2)31-26-29-15-24(37-26)36-16-23-28-14-21(35-23)27(3,4)5/h6,9-12,14-15,17,20H,1,7-8,13,16H2,2-5H3,(H,29,31)(H,30,33)/t17-,20?/m1/s1. The summed E-state index contributed by atoms with van der Waals surface area (Å²) in [6, 6.07) is 7.06. The van der Waals surface area contributed by atoms with Crippen LogP contribution in [0.4, 0.5) is 10.8 Å². The van der Waals surface area contributed by atoms with Crippen molar-refractivity contribution in [3.8, 4) is 0 Å². The molecule has 0 saturated carbocycles. The Bertz CT molecular complexity index is 1250. The van der Waals surface area contributed by atoms with Crippen molar-refractivity contribution in [2.75, 3.05) is 17.2 Å². The summed E-state index contributed by atoms with van der Waals surface area (Å²) in [5, 5.41) is 7.10. The van der Waals surface area contributed by atoms with E-state index >= 15 is 0 Å². The molecule has 1 aliphatic heterocycles. The number of carbonyl (C=O) groups is 2. The zero-order chi connectivity index (χ0) is 26.6. The van der Waals surface area contributed by atoms with Crippen molar-refractivity contribution in [3.63, 3.8) is 0 Å². The molecule has 3 aromatic rings. The maximum atomic E-state index is 13.2. The minimum atomic E-state index is -0.284. The Morgan fingerprint density at radius 2 is 2.00 bits per heavy atom. The molecule has 0 spiro atoms. The first-order valence-electron chi connectivity index (χ1n) is 12.3. The van der Waals surface area contributed by atoms with E-state index in [-0.39, 0.29) is 29.3 Å². The van der Waals surface area contributed by atoms with Gasteiger partial charge in [-0.3, -0.25) is 9.59 Å². The van der Waals surface area contributed by atoms with Crippen LogP contribution in [0.1, 0.15) is 62.5 Å². The fourth-order valence-corrected chi connectivity index (χ4v) is 5.87. The molecule has 0 aliphatic carbocycles. The lowest BCUT2D eigenvalue weighted by Crippen LogP contribution is -2.52. The van der Waals surface area contributed by atoms with Gasteiger partial charge in [-0.25, -0.2) is 9.97 Å². The Labute approximate surface area is 226 Å². The minimum absolute atomic E-state index is 0.00420. The number of piperidine rings is 1. The third-order valence-electron chi connectivity index (χ3n) is 6.26. The second-order valence-corrected chi connectivity index (χ2v) is 12.4. The van der Waals surface area contributed by atoms with Gasteiger partial charge in [0.1, 0.15) is 5.76 Å². The van der Waals surface area contributed by atoms with E-state index in [9.17, 15) is 9.59 Å². The molecule has 0 radical (unpaired) electrons. The van der Waals surface area contributed by atoms with E-state index in [1.54, 1.807) is 47.4 Å². The minimum Gasteiger partial charge on any atom is -0.444 e. The van der Waals surface area contributed by atoms with Gasteiger partial charge in [-0.15, -0.1) is 11.8 Å². The smallest absolute Gasteiger partial charge is 0.254 e. The second kappa shape index (κ2) is 11.5. The number of thiazole rings is 1. The molecule has 3 heterocycles. The molecule has 2 atom stereocenters. The number of aromatic nitrogens is 2. The van der Waals surface area contributed by atoms with E-state index in [0.717, 1.165) is 27.9 Å². The third-order valence-corrected chi connectivity index (χ3v) is 8.37. The molecular weight excluding hydrogens is 506 g/mol. The largest absolute Gasteiger partial charge is 0.444 e.